The fourth-order valence-electron chi connectivity index (χ4n) is 0.904. The molecule has 1 aromatic carbocycles. The Morgan fingerprint density at radius 1 is 1.38 bits per heavy atom. The van der Waals surface area contributed by atoms with E-state index >= 15 is 0 Å². The van der Waals surface area contributed by atoms with Gasteiger partial charge in [0.1, 0.15) is 18.5 Å². The second-order valence-corrected chi connectivity index (χ2v) is 2.69. The Bertz CT molecular complexity index is 228. The quantitative estimate of drug-likeness (QED) is 0.439. The molecule has 0 radical (unpaired) electrons. The summed E-state index contributed by atoms with van der Waals surface area (Å²) in [6.45, 7) is 0.570. The Labute approximate surface area is 77.3 Å². The number of para-hydroxylation sites is 1. The van der Waals surface area contributed by atoms with Crippen molar-refractivity contribution < 1.29 is 9.84 Å². The molecule has 4 heteroatoms. The van der Waals surface area contributed by atoms with Gasteiger partial charge < -0.3 is 9.84 Å². The zero-order valence-electron chi connectivity index (χ0n) is 7.31. The van der Waals surface area contributed by atoms with Crippen LogP contribution in [0, 0.1) is 0 Å². The molecule has 0 aliphatic carbocycles. The van der Waals surface area contributed by atoms with E-state index in [2.05, 4.69) is 5.43 Å². The highest BCUT2D eigenvalue weighted by Gasteiger charge is 2.02. The van der Waals surface area contributed by atoms with Crippen LogP contribution in [-0.2, 0) is 0 Å². The molecular formula is C9H14N2O2. The lowest BCUT2D eigenvalue weighted by Gasteiger charge is -2.11. The summed E-state index contributed by atoms with van der Waals surface area (Å²) in [6, 6.07) is 9.34. The molecule has 0 aliphatic heterocycles. The zero-order chi connectivity index (χ0) is 9.52. The summed E-state index contributed by atoms with van der Waals surface area (Å²) in [4.78, 5) is 0. The maximum absolute atomic E-state index is 9.24. The Hall–Kier alpha value is -1.10. The van der Waals surface area contributed by atoms with E-state index in [1.165, 1.54) is 0 Å². The Morgan fingerprint density at radius 3 is 2.69 bits per heavy atom. The van der Waals surface area contributed by atoms with Gasteiger partial charge in [0.05, 0.1) is 0 Å². The summed E-state index contributed by atoms with van der Waals surface area (Å²) >= 11 is 0. The van der Waals surface area contributed by atoms with E-state index in [9.17, 15) is 5.11 Å². The molecule has 13 heavy (non-hydrogen) atoms. The van der Waals surface area contributed by atoms with Crippen LogP contribution >= 0.6 is 0 Å². The topological polar surface area (TPSA) is 67.5 Å². The summed E-state index contributed by atoms with van der Waals surface area (Å²) in [5.41, 5.74) is 2.37. The van der Waals surface area contributed by atoms with Gasteiger partial charge in [-0.2, -0.15) is 0 Å². The van der Waals surface area contributed by atoms with Crippen molar-refractivity contribution in [1.82, 2.24) is 5.43 Å². The average Bonchev–Trinajstić information content (AvgIpc) is 2.17. The molecule has 1 aromatic rings. The lowest BCUT2D eigenvalue weighted by Crippen LogP contribution is -2.35. The molecule has 1 atom stereocenters. The van der Waals surface area contributed by atoms with Gasteiger partial charge in [-0.05, 0) is 12.1 Å². The van der Waals surface area contributed by atoms with Crippen LogP contribution in [0.3, 0.4) is 0 Å². The highest BCUT2D eigenvalue weighted by atomic mass is 16.5. The number of aliphatic hydroxyl groups is 1. The van der Waals surface area contributed by atoms with Crippen molar-refractivity contribution in [3.8, 4) is 5.75 Å². The summed E-state index contributed by atoms with van der Waals surface area (Å²) in [6.07, 6.45) is -0.579. The predicted octanol–water partition coefficient (Wildman–Crippen LogP) is -0.110. The fraction of sp³-hybridized carbons (Fsp3) is 0.333. The standard InChI is InChI=1S/C9H14N2O2/c10-11-6-8(12)7-13-9-4-2-1-3-5-9/h1-5,8,11-12H,6-7,10H2. The molecule has 0 aromatic heterocycles. The van der Waals surface area contributed by atoms with Crippen molar-refractivity contribution in [3.63, 3.8) is 0 Å². The van der Waals surface area contributed by atoms with Crippen molar-refractivity contribution in [1.29, 1.82) is 0 Å². The van der Waals surface area contributed by atoms with Gasteiger partial charge in [0, 0.05) is 6.54 Å². The number of aliphatic hydroxyl groups excluding tert-OH is 1. The Kier molecular flexibility index (Phi) is 4.25. The third-order valence-corrected chi connectivity index (χ3v) is 1.54. The first kappa shape index (κ1) is 9.98. The number of hydrogen-bond acceptors (Lipinski definition) is 4. The molecular weight excluding hydrogens is 168 g/mol. The molecule has 72 valence electrons. The Balaban J connectivity index is 2.27. The van der Waals surface area contributed by atoms with Gasteiger partial charge in [0.15, 0.2) is 0 Å². The van der Waals surface area contributed by atoms with E-state index in [1.54, 1.807) is 0 Å². The molecule has 4 N–H and O–H groups in total. The molecule has 1 rings (SSSR count). The van der Waals surface area contributed by atoms with Gasteiger partial charge in [-0.1, -0.05) is 18.2 Å². The number of hydrazine groups is 1. The smallest absolute Gasteiger partial charge is 0.119 e. The number of rotatable bonds is 5. The minimum Gasteiger partial charge on any atom is -0.491 e. The monoisotopic (exact) mass is 182 g/mol. The van der Waals surface area contributed by atoms with Gasteiger partial charge in [-0.15, -0.1) is 0 Å². The molecule has 0 aliphatic rings. The van der Waals surface area contributed by atoms with Gasteiger partial charge in [0.25, 0.3) is 0 Å². The largest absolute Gasteiger partial charge is 0.491 e. The van der Waals surface area contributed by atoms with Gasteiger partial charge in [0.2, 0.25) is 0 Å². The number of nitrogens with two attached hydrogens (primary N) is 1. The fourth-order valence-corrected chi connectivity index (χ4v) is 0.904. The predicted molar refractivity (Wildman–Crippen MR) is 50.1 cm³/mol. The van der Waals surface area contributed by atoms with Gasteiger partial charge in [-0.25, -0.2) is 0 Å². The van der Waals surface area contributed by atoms with Crippen LogP contribution in [0.1, 0.15) is 0 Å². The highest BCUT2D eigenvalue weighted by molar-refractivity contribution is 5.20. The first-order chi connectivity index (χ1) is 6.33. The van der Waals surface area contributed by atoms with E-state index in [0.29, 0.717) is 6.54 Å². The maximum Gasteiger partial charge on any atom is 0.119 e. The van der Waals surface area contributed by atoms with Gasteiger partial charge in [-0.3, -0.25) is 11.3 Å². The second-order valence-electron chi connectivity index (χ2n) is 2.69. The van der Waals surface area contributed by atoms with Crippen molar-refractivity contribution in [2.45, 2.75) is 6.10 Å². The molecule has 0 saturated carbocycles. The van der Waals surface area contributed by atoms with Crippen LogP contribution in [0.5, 0.6) is 5.75 Å². The normalized spacial score (nSPS) is 12.5. The average molecular weight is 182 g/mol. The number of ether oxygens (including phenoxy) is 1. The summed E-state index contributed by atoms with van der Waals surface area (Å²) in [5, 5.41) is 9.24. The van der Waals surface area contributed by atoms with Crippen molar-refractivity contribution >= 4 is 0 Å². The van der Waals surface area contributed by atoms with Gasteiger partial charge >= 0.3 is 0 Å². The van der Waals surface area contributed by atoms with Crippen LogP contribution in [0.4, 0.5) is 0 Å². The second kappa shape index (κ2) is 5.53. The number of nitrogens with one attached hydrogen (secondary N) is 1. The zero-order valence-corrected chi connectivity index (χ0v) is 7.31. The molecule has 0 bridgehead atoms. The molecule has 0 fully saturated rings. The molecule has 0 saturated heterocycles. The first-order valence-corrected chi connectivity index (χ1v) is 4.12. The molecule has 0 spiro atoms. The lowest BCUT2D eigenvalue weighted by molar-refractivity contribution is 0.106. The lowest BCUT2D eigenvalue weighted by atomic mass is 10.3. The van der Waals surface area contributed by atoms with Crippen LogP contribution in [0.2, 0.25) is 0 Å². The van der Waals surface area contributed by atoms with Crippen LogP contribution in [-0.4, -0.2) is 24.4 Å². The summed E-state index contributed by atoms with van der Waals surface area (Å²) in [5.74, 6) is 5.78. The Morgan fingerprint density at radius 2 is 2.08 bits per heavy atom. The van der Waals surface area contributed by atoms with Crippen molar-refractivity contribution in [2.24, 2.45) is 5.84 Å². The van der Waals surface area contributed by atoms with E-state index in [0.717, 1.165) is 5.75 Å². The van der Waals surface area contributed by atoms with Crippen LogP contribution in [0.25, 0.3) is 0 Å². The molecule has 4 nitrogen and oxygen atoms in total. The minimum atomic E-state index is -0.579. The van der Waals surface area contributed by atoms with Crippen molar-refractivity contribution in [2.75, 3.05) is 13.2 Å². The highest BCUT2D eigenvalue weighted by Crippen LogP contribution is 2.08. The molecule has 0 amide bonds. The molecule has 1 unspecified atom stereocenters. The van der Waals surface area contributed by atoms with Crippen molar-refractivity contribution in [3.05, 3.63) is 30.3 Å². The minimum absolute atomic E-state index is 0.244. The summed E-state index contributed by atoms with van der Waals surface area (Å²) < 4.78 is 5.27. The van der Waals surface area contributed by atoms with E-state index < -0.39 is 6.10 Å². The summed E-state index contributed by atoms with van der Waals surface area (Å²) in [7, 11) is 0. The third-order valence-electron chi connectivity index (χ3n) is 1.54. The number of hydrogen-bond donors (Lipinski definition) is 3. The van der Waals surface area contributed by atoms with E-state index in [1.807, 2.05) is 30.3 Å². The maximum atomic E-state index is 9.24. The van der Waals surface area contributed by atoms with Crippen LogP contribution < -0.4 is 16.0 Å². The number of benzene rings is 1. The van der Waals surface area contributed by atoms with E-state index in [4.69, 9.17) is 10.6 Å². The first-order valence-electron chi connectivity index (χ1n) is 4.12. The SMILES string of the molecule is NNCC(O)COc1ccccc1. The van der Waals surface area contributed by atoms with E-state index in [-0.39, 0.29) is 6.61 Å². The third kappa shape index (κ3) is 3.89. The molecule has 0 heterocycles. The van der Waals surface area contributed by atoms with Crippen LogP contribution in [0.15, 0.2) is 30.3 Å².